The zero-order valence-electron chi connectivity index (χ0n) is 17.4. The van der Waals surface area contributed by atoms with Crippen LogP contribution >= 0.6 is 0 Å². The van der Waals surface area contributed by atoms with Crippen LogP contribution < -0.4 is 5.43 Å². The van der Waals surface area contributed by atoms with Crippen molar-refractivity contribution in [1.82, 2.24) is 4.90 Å². The van der Waals surface area contributed by atoms with Crippen molar-refractivity contribution in [1.29, 1.82) is 0 Å². The van der Waals surface area contributed by atoms with E-state index >= 15 is 0 Å². The summed E-state index contributed by atoms with van der Waals surface area (Å²) in [7, 11) is 0. The van der Waals surface area contributed by atoms with E-state index in [4.69, 9.17) is 13.9 Å². The lowest BCUT2D eigenvalue weighted by Crippen LogP contribution is -2.46. The number of benzene rings is 2. The van der Waals surface area contributed by atoms with Crippen LogP contribution in [0.3, 0.4) is 0 Å². The van der Waals surface area contributed by atoms with Gasteiger partial charge in [0, 0.05) is 24.2 Å². The summed E-state index contributed by atoms with van der Waals surface area (Å²) in [6, 6.07) is 14.0. The molecule has 3 aromatic rings. The molecule has 1 aliphatic heterocycles. The van der Waals surface area contributed by atoms with Crippen molar-refractivity contribution in [2.45, 2.75) is 20.0 Å². The summed E-state index contributed by atoms with van der Waals surface area (Å²) in [5, 5.41) is 0.292. The molecule has 160 valence electrons. The first-order valence-corrected chi connectivity index (χ1v) is 10.1. The minimum Gasteiger partial charge on any atom is -0.455 e. The van der Waals surface area contributed by atoms with E-state index in [1.54, 1.807) is 24.0 Å². The first kappa shape index (κ1) is 20.8. The van der Waals surface area contributed by atoms with Gasteiger partial charge >= 0.3 is 5.97 Å². The van der Waals surface area contributed by atoms with E-state index in [2.05, 4.69) is 0 Å². The monoisotopic (exact) mass is 421 g/mol. The molecule has 31 heavy (non-hydrogen) atoms. The summed E-state index contributed by atoms with van der Waals surface area (Å²) in [6.45, 7) is 4.57. The molecule has 1 fully saturated rings. The topological polar surface area (TPSA) is 86.1 Å². The van der Waals surface area contributed by atoms with Gasteiger partial charge in [0.05, 0.1) is 18.1 Å². The molecule has 1 atom stereocenters. The smallest absolute Gasteiger partial charge is 0.342 e. The lowest BCUT2D eigenvalue weighted by atomic mass is 10.0. The van der Waals surface area contributed by atoms with E-state index in [0.29, 0.717) is 36.4 Å². The van der Waals surface area contributed by atoms with Gasteiger partial charge in [0.2, 0.25) is 0 Å². The van der Waals surface area contributed by atoms with Gasteiger partial charge in [0.15, 0.2) is 17.6 Å². The van der Waals surface area contributed by atoms with Gasteiger partial charge in [-0.3, -0.25) is 9.59 Å². The number of hydrogen-bond donors (Lipinski definition) is 0. The second-order valence-corrected chi connectivity index (χ2v) is 7.53. The fourth-order valence-electron chi connectivity index (χ4n) is 3.68. The molecule has 1 aromatic heterocycles. The first-order chi connectivity index (χ1) is 15.0. The number of ether oxygens (including phenoxy) is 2. The predicted octanol–water partition coefficient (Wildman–Crippen LogP) is 3.17. The lowest BCUT2D eigenvalue weighted by molar-refractivity contribution is -0.141. The fourth-order valence-corrected chi connectivity index (χ4v) is 3.68. The number of morpholine rings is 1. The fraction of sp³-hybridized carbons (Fsp3) is 0.292. The van der Waals surface area contributed by atoms with E-state index in [1.807, 2.05) is 37.3 Å². The Morgan fingerprint density at radius 1 is 1.13 bits per heavy atom. The molecule has 0 spiro atoms. The third-order valence-corrected chi connectivity index (χ3v) is 5.32. The van der Waals surface area contributed by atoms with Crippen LogP contribution in [0, 0.1) is 6.92 Å². The highest BCUT2D eigenvalue weighted by Gasteiger charge is 2.24. The molecule has 0 N–H and O–H groups in total. The quantitative estimate of drug-likeness (QED) is 0.602. The van der Waals surface area contributed by atoms with Crippen LogP contribution in [-0.2, 0) is 14.3 Å². The highest BCUT2D eigenvalue weighted by molar-refractivity contribution is 6.02. The zero-order chi connectivity index (χ0) is 22.0. The van der Waals surface area contributed by atoms with Crippen molar-refractivity contribution in [2.75, 3.05) is 26.3 Å². The minimum absolute atomic E-state index is 0.0552. The van der Waals surface area contributed by atoms with Gasteiger partial charge in [0.25, 0.3) is 5.91 Å². The van der Waals surface area contributed by atoms with E-state index < -0.39 is 5.97 Å². The Labute approximate surface area is 179 Å². The molecule has 0 saturated carbocycles. The third-order valence-electron chi connectivity index (χ3n) is 5.32. The maximum Gasteiger partial charge on any atom is 0.342 e. The van der Waals surface area contributed by atoms with Crippen molar-refractivity contribution in [3.63, 3.8) is 0 Å². The van der Waals surface area contributed by atoms with Crippen LogP contribution in [0.5, 0.6) is 0 Å². The maximum absolute atomic E-state index is 12.9. The Morgan fingerprint density at radius 3 is 2.65 bits per heavy atom. The molecule has 0 bridgehead atoms. The molecule has 0 aliphatic carbocycles. The molecule has 2 aromatic carbocycles. The van der Waals surface area contributed by atoms with Gasteiger partial charge in [-0.1, -0.05) is 36.4 Å². The minimum atomic E-state index is -0.716. The van der Waals surface area contributed by atoms with Gasteiger partial charge in [-0.15, -0.1) is 0 Å². The largest absolute Gasteiger partial charge is 0.455 e. The Balaban J connectivity index is 1.63. The van der Waals surface area contributed by atoms with Gasteiger partial charge in [0.1, 0.15) is 11.3 Å². The van der Waals surface area contributed by atoms with Gasteiger partial charge < -0.3 is 18.8 Å². The summed E-state index contributed by atoms with van der Waals surface area (Å²) < 4.78 is 16.7. The summed E-state index contributed by atoms with van der Waals surface area (Å²) in [4.78, 5) is 39.7. The van der Waals surface area contributed by atoms with E-state index in [-0.39, 0.29) is 35.2 Å². The Bertz CT molecular complexity index is 1180. The normalized spacial score (nSPS) is 16.3. The average molecular weight is 421 g/mol. The zero-order valence-corrected chi connectivity index (χ0v) is 17.4. The number of carbonyl (C=O) groups is 2. The molecule has 2 heterocycles. The van der Waals surface area contributed by atoms with E-state index in [9.17, 15) is 14.4 Å². The number of hydrogen-bond acceptors (Lipinski definition) is 6. The first-order valence-electron chi connectivity index (χ1n) is 10.1. The maximum atomic E-state index is 12.9. The summed E-state index contributed by atoms with van der Waals surface area (Å²) in [5.41, 5.74) is 1.23. The van der Waals surface area contributed by atoms with Gasteiger partial charge in [-0.25, -0.2) is 4.79 Å². The van der Waals surface area contributed by atoms with Gasteiger partial charge in [-0.2, -0.15) is 0 Å². The van der Waals surface area contributed by atoms with Crippen LogP contribution in [0.15, 0.2) is 57.7 Å². The lowest BCUT2D eigenvalue weighted by Gasteiger charge is -2.30. The van der Waals surface area contributed by atoms with E-state index in [0.717, 1.165) is 5.56 Å². The molecule has 7 heteroatoms. The van der Waals surface area contributed by atoms with Crippen molar-refractivity contribution < 1.29 is 23.5 Å². The SMILES string of the molecule is Cc1c(-c2ccccc2)oc2c(C(=O)OCC(=O)N3CCOC(C)C3)cccc2c1=O. The van der Waals surface area contributed by atoms with Crippen LogP contribution in [-0.4, -0.2) is 49.2 Å². The molecule has 1 saturated heterocycles. The van der Waals surface area contributed by atoms with Crippen molar-refractivity contribution in [2.24, 2.45) is 0 Å². The Hall–Kier alpha value is -3.45. The second kappa shape index (κ2) is 8.73. The molecule has 1 aliphatic rings. The predicted molar refractivity (Wildman–Crippen MR) is 115 cm³/mol. The second-order valence-electron chi connectivity index (χ2n) is 7.53. The third kappa shape index (κ3) is 4.22. The molecule has 4 rings (SSSR count). The van der Waals surface area contributed by atoms with Crippen LogP contribution in [0.2, 0.25) is 0 Å². The standard InChI is InChI=1S/C24H23NO6/c1-15-13-25(11-12-29-15)20(26)14-30-24(28)19-10-6-9-18-21(27)16(2)22(31-23(18)19)17-7-4-3-5-8-17/h3-10,15H,11-14H2,1-2H3. The number of fused-ring (bicyclic) bond motifs is 1. The highest BCUT2D eigenvalue weighted by Crippen LogP contribution is 2.27. The molecule has 1 amide bonds. The van der Waals surface area contributed by atoms with E-state index in [1.165, 1.54) is 6.07 Å². The average Bonchev–Trinajstić information content (AvgIpc) is 2.79. The van der Waals surface area contributed by atoms with Crippen LogP contribution in [0.1, 0.15) is 22.8 Å². The van der Waals surface area contributed by atoms with Crippen LogP contribution in [0.4, 0.5) is 0 Å². The van der Waals surface area contributed by atoms with Gasteiger partial charge in [-0.05, 0) is 26.0 Å². The number of rotatable bonds is 4. The van der Waals surface area contributed by atoms with Crippen molar-refractivity contribution in [3.05, 3.63) is 69.9 Å². The number of para-hydroxylation sites is 1. The van der Waals surface area contributed by atoms with Crippen molar-refractivity contribution in [3.8, 4) is 11.3 Å². The summed E-state index contributed by atoms with van der Waals surface area (Å²) >= 11 is 0. The van der Waals surface area contributed by atoms with Crippen LogP contribution in [0.25, 0.3) is 22.3 Å². The number of nitrogens with zero attached hydrogens (tertiary/aromatic N) is 1. The Kier molecular flexibility index (Phi) is 5.86. The molecular weight excluding hydrogens is 398 g/mol. The number of esters is 1. The Morgan fingerprint density at radius 2 is 1.90 bits per heavy atom. The number of carbonyl (C=O) groups excluding carboxylic acids is 2. The highest BCUT2D eigenvalue weighted by atomic mass is 16.5. The molecular formula is C24H23NO6. The molecule has 0 radical (unpaired) electrons. The molecule has 1 unspecified atom stereocenters. The van der Waals surface area contributed by atoms with Crippen molar-refractivity contribution >= 4 is 22.8 Å². The summed E-state index contributed by atoms with van der Waals surface area (Å²) in [6.07, 6.45) is -0.0552. The number of amides is 1. The molecule has 7 nitrogen and oxygen atoms in total. The summed E-state index contributed by atoms with van der Waals surface area (Å²) in [5.74, 6) is -0.603.